The second kappa shape index (κ2) is 9.12. The van der Waals surface area contributed by atoms with Gasteiger partial charge in [0.1, 0.15) is 5.58 Å². The molecule has 162 valence electrons. The smallest absolute Gasteiger partial charge is 0.287 e. The first-order valence-corrected chi connectivity index (χ1v) is 11.3. The molecular weight excluding hydrogens is 388 g/mol. The standard InChI is InChI=1S/C25H30N4O2/c30-25(28-17-18-7-9-26-10-8-18)24-16-21-2-1-20(15-23(21)31-24)19-3-5-22(6-4-19)29-13-11-27-12-14-29/h1-6,15-16,18,26-27H,7-14,17H2,(H,28,30). The van der Waals surface area contributed by atoms with Crippen LogP contribution in [0, 0.1) is 5.92 Å². The van der Waals surface area contributed by atoms with Crippen molar-refractivity contribution >= 4 is 22.6 Å². The van der Waals surface area contributed by atoms with Crippen molar-refractivity contribution in [2.24, 2.45) is 5.92 Å². The van der Waals surface area contributed by atoms with E-state index in [0.717, 1.165) is 74.2 Å². The zero-order valence-electron chi connectivity index (χ0n) is 17.8. The molecular formula is C25H30N4O2. The fourth-order valence-electron chi connectivity index (χ4n) is 4.52. The second-order valence-corrected chi connectivity index (χ2v) is 8.55. The molecule has 3 N–H and O–H groups in total. The monoisotopic (exact) mass is 418 g/mol. The van der Waals surface area contributed by atoms with E-state index in [1.54, 1.807) is 0 Å². The third-order valence-electron chi connectivity index (χ3n) is 6.44. The highest BCUT2D eigenvalue weighted by Crippen LogP contribution is 2.28. The normalized spacial score (nSPS) is 17.7. The van der Waals surface area contributed by atoms with E-state index in [1.807, 2.05) is 18.2 Å². The third-order valence-corrected chi connectivity index (χ3v) is 6.44. The lowest BCUT2D eigenvalue weighted by Crippen LogP contribution is -2.43. The van der Waals surface area contributed by atoms with Gasteiger partial charge in [0.05, 0.1) is 0 Å². The molecule has 2 saturated heterocycles. The zero-order chi connectivity index (χ0) is 21.0. The number of hydrogen-bond donors (Lipinski definition) is 3. The predicted molar refractivity (Wildman–Crippen MR) is 125 cm³/mol. The lowest BCUT2D eigenvalue weighted by atomic mass is 9.98. The van der Waals surface area contributed by atoms with Crippen LogP contribution < -0.4 is 20.9 Å². The molecule has 6 nitrogen and oxygen atoms in total. The van der Waals surface area contributed by atoms with E-state index in [9.17, 15) is 4.79 Å². The number of carbonyl (C=O) groups is 1. The number of amides is 1. The number of piperidine rings is 1. The first-order chi connectivity index (χ1) is 15.3. The summed E-state index contributed by atoms with van der Waals surface area (Å²) < 4.78 is 5.91. The van der Waals surface area contributed by atoms with Gasteiger partial charge in [-0.15, -0.1) is 0 Å². The zero-order valence-corrected chi connectivity index (χ0v) is 17.8. The first-order valence-electron chi connectivity index (χ1n) is 11.3. The molecule has 0 radical (unpaired) electrons. The van der Waals surface area contributed by atoms with E-state index in [0.29, 0.717) is 18.2 Å². The van der Waals surface area contributed by atoms with Gasteiger partial charge in [-0.3, -0.25) is 4.79 Å². The van der Waals surface area contributed by atoms with Gasteiger partial charge in [0.15, 0.2) is 5.76 Å². The summed E-state index contributed by atoms with van der Waals surface area (Å²) in [5.41, 5.74) is 4.25. The van der Waals surface area contributed by atoms with E-state index in [2.05, 4.69) is 51.2 Å². The number of nitrogens with one attached hydrogen (secondary N) is 3. The SMILES string of the molecule is O=C(NCC1CCNCC1)c1cc2ccc(-c3ccc(N4CCNCC4)cc3)cc2o1. The maximum Gasteiger partial charge on any atom is 0.287 e. The molecule has 6 heteroatoms. The van der Waals surface area contributed by atoms with Crippen molar-refractivity contribution in [1.82, 2.24) is 16.0 Å². The van der Waals surface area contributed by atoms with Gasteiger partial charge in [-0.05, 0) is 67.2 Å². The Kier molecular flexibility index (Phi) is 5.91. The molecule has 0 bridgehead atoms. The summed E-state index contributed by atoms with van der Waals surface area (Å²) in [7, 11) is 0. The minimum absolute atomic E-state index is 0.128. The molecule has 0 saturated carbocycles. The summed E-state index contributed by atoms with van der Waals surface area (Å²) in [5.74, 6) is 0.803. The molecule has 2 aliphatic rings. The minimum Gasteiger partial charge on any atom is -0.451 e. The lowest BCUT2D eigenvalue weighted by Gasteiger charge is -2.29. The largest absolute Gasteiger partial charge is 0.451 e. The number of nitrogens with zero attached hydrogens (tertiary/aromatic N) is 1. The Hall–Kier alpha value is -2.83. The van der Waals surface area contributed by atoms with Crippen LogP contribution in [0.25, 0.3) is 22.1 Å². The highest BCUT2D eigenvalue weighted by atomic mass is 16.3. The fourth-order valence-corrected chi connectivity index (χ4v) is 4.52. The molecule has 0 unspecified atom stereocenters. The number of furan rings is 1. The average Bonchev–Trinajstić information content (AvgIpc) is 3.27. The molecule has 3 heterocycles. The van der Waals surface area contributed by atoms with Gasteiger partial charge >= 0.3 is 0 Å². The number of fused-ring (bicyclic) bond motifs is 1. The summed E-state index contributed by atoms with van der Waals surface area (Å²) in [4.78, 5) is 15.0. The van der Waals surface area contributed by atoms with Crippen LogP contribution in [0.5, 0.6) is 0 Å². The molecule has 1 aromatic heterocycles. The van der Waals surface area contributed by atoms with Crippen molar-refractivity contribution in [3.63, 3.8) is 0 Å². The van der Waals surface area contributed by atoms with Crippen molar-refractivity contribution in [2.45, 2.75) is 12.8 Å². The molecule has 5 rings (SSSR count). The Balaban J connectivity index is 1.28. The van der Waals surface area contributed by atoms with Gasteiger partial charge in [0, 0.05) is 43.8 Å². The van der Waals surface area contributed by atoms with Gasteiger partial charge in [0.25, 0.3) is 5.91 Å². The molecule has 31 heavy (non-hydrogen) atoms. The van der Waals surface area contributed by atoms with Crippen LogP contribution >= 0.6 is 0 Å². The molecule has 0 aliphatic carbocycles. The van der Waals surface area contributed by atoms with Gasteiger partial charge in [-0.1, -0.05) is 24.3 Å². The number of hydrogen-bond acceptors (Lipinski definition) is 5. The summed E-state index contributed by atoms with van der Waals surface area (Å²) in [6.07, 6.45) is 2.22. The van der Waals surface area contributed by atoms with Crippen LogP contribution in [0.15, 0.2) is 52.9 Å². The highest BCUT2D eigenvalue weighted by molar-refractivity contribution is 5.96. The Labute approximate surface area is 183 Å². The van der Waals surface area contributed by atoms with E-state index >= 15 is 0 Å². The molecule has 1 amide bonds. The van der Waals surface area contributed by atoms with Crippen molar-refractivity contribution in [1.29, 1.82) is 0 Å². The molecule has 3 aromatic rings. The van der Waals surface area contributed by atoms with Crippen molar-refractivity contribution in [2.75, 3.05) is 50.7 Å². The van der Waals surface area contributed by atoms with E-state index in [1.165, 1.54) is 5.69 Å². The summed E-state index contributed by atoms with van der Waals surface area (Å²) in [6, 6.07) is 16.7. The van der Waals surface area contributed by atoms with Crippen LogP contribution in [0.2, 0.25) is 0 Å². The van der Waals surface area contributed by atoms with E-state index < -0.39 is 0 Å². The molecule has 2 fully saturated rings. The number of anilines is 1. The average molecular weight is 419 g/mol. The summed E-state index contributed by atoms with van der Waals surface area (Å²) in [5, 5.41) is 10.7. The number of piperazine rings is 1. The van der Waals surface area contributed by atoms with Crippen LogP contribution in [-0.2, 0) is 0 Å². The molecule has 0 spiro atoms. The minimum atomic E-state index is -0.128. The Morgan fingerprint density at radius 1 is 0.935 bits per heavy atom. The van der Waals surface area contributed by atoms with E-state index in [4.69, 9.17) is 4.42 Å². The maximum atomic E-state index is 12.6. The van der Waals surface area contributed by atoms with Crippen molar-refractivity contribution in [3.05, 3.63) is 54.3 Å². The highest BCUT2D eigenvalue weighted by Gasteiger charge is 2.17. The molecule has 2 aromatic carbocycles. The van der Waals surface area contributed by atoms with Crippen molar-refractivity contribution < 1.29 is 9.21 Å². The topological polar surface area (TPSA) is 69.5 Å². The second-order valence-electron chi connectivity index (χ2n) is 8.55. The van der Waals surface area contributed by atoms with Crippen LogP contribution in [0.1, 0.15) is 23.4 Å². The van der Waals surface area contributed by atoms with Gasteiger partial charge in [-0.25, -0.2) is 0 Å². The van der Waals surface area contributed by atoms with Gasteiger partial charge in [0.2, 0.25) is 0 Å². The van der Waals surface area contributed by atoms with Crippen LogP contribution in [0.4, 0.5) is 5.69 Å². The Morgan fingerprint density at radius 3 is 2.42 bits per heavy atom. The van der Waals surface area contributed by atoms with E-state index in [-0.39, 0.29) is 5.91 Å². The molecule has 2 aliphatic heterocycles. The number of benzene rings is 2. The van der Waals surface area contributed by atoms with Gasteiger partial charge < -0.3 is 25.3 Å². The Morgan fingerprint density at radius 2 is 1.65 bits per heavy atom. The van der Waals surface area contributed by atoms with Crippen molar-refractivity contribution in [3.8, 4) is 11.1 Å². The third kappa shape index (κ3) is 4.60. The van der Waals surface area contributed by atoms with Crippen LogP contribution in [-0.4, -0.2) is 51.7 Å². The fraction of sp³-hybridized carbons (Fsp3) is 0.400. The summed E-state index contributed by atoms with van der Waals surface area (Å²) in [6.45, 7) is 6.92. The number of rotatable bonds is 5. The lowest BCUT2D eigenvalue weighted by molar-refractivity contribution is 0.0918. The first kappa shape index (κ1) is 20.1. The quantitative estimate of drug-likeness (QED) is 0.594. The Bertz CT molecular complexity index is 1030. The maximum absolute atomic E-state index is 12.6. The van der Waals surface area contributed by atoms with Crippen LogP contribution in [0.3, 0.4) is 0 Å². The summed E-state index contributed by atoms with van der Waals surface area (Å²) >= 11 is 0. The predicted octanol–water partition coefficient (Wildman–Crippen LogP) is 3.24. The number of carbonyl (C=O) groups excluding carboxylic acids is 1. The van der Waals surface area contributed by atoms with Gasteiger partial charge in [-0.2, -0.15) is 0 Å². The molecule has 0 atom stereocenters.